The van der Waals surface area contributed by atoms with Gasteiger partial charge in [-0.25, -0.2) is 4.39 Å². The number of carbonyl (C=O) groups is 1. The molecule has 0 spiro atoms. The molecule has 146 valence electrons. The van der Waals surface area contributed by atoms with Crippen LogP contribution in [-0.4, -0.2) is 45.9 Å². The number of carbonyl (C=O) groups excluding carboxylic acids is 1. The van der Waals surface area contributed by atoms with Crippen molar-refractivity contribution in [3.05, 3.63) is 54.3 Å². The lowest BCUT2D eigenvalue weighted by molar-refractivity contribution is -0.122. The first-order valence-electron chi connectivity index (χ1n) is 8.80. The molecule has 2 aromatic carbocycles. The van der Waals surface area contributed by atoms with Crippen molar-refractivity contribution in [3.63, 3.8) is 0 Å². The van der Waals surface area contributed by atoms with Gasteiger partial charge in [-0.1, -0.05) is 12.1 Å². The van der Waals surface area contributed by atoms with Gasteiger partial charge >= 0.3 is 0 Å². The molecule has 0 bridgehead atoms. The van der Waals surface area contributed by atoms with Crippen LogP contribution in [-0.2, 0) is 11.3 Å². The van der Waals surface area contributed by atoms with Crippen LogP contribution >= 0.6 is 0 Å². The largest absolute Gasteiger partial charge is 0.494 e. The van der Waals surface area contributed by atoms with Crippen LogP contribution in [0.1, 0.15) is 6.92 Å². The number of aromatic nitrogens is 4. The zero-order chi connectivity index (χ0) is 19.8. The summed E-state index contributed by atoms with van der Waals surface area (Å²) in [6.07, 6.45) is 0. The first-order chi connectivity index (χ1) is 13.6. The molecule has 28 heavy (non-hydrogen) atoms. The number of rotatable bonds is 9. The molecule has 0 radical (unpaired) electrons. The molecular formula is C19H20FN5O3. The molecule has 3 rings (SSSR count). The van der Waals surface area contributed by atoms with Gasteiger partial charge in [-0.05, 0) is 48.5 Å². The minimum Gasteiger partial charge on any atom is -0.494 e. The highest BCUT2D eigenvalue weighted by molar-refractivity contribution is 5.75. The third-order valence-corrected chi connectivity index (χ3v) is 3.65. The Hall–Kier alpha value is -3.49. The van der Waals surface area contributed by atoms with Crippen molar-refractivity contribution in [2.45, 2.75) is 13.5 Å². The van der Waals surface area contributed by atoms with Gasteiger partial charge in [0.15, 0.2) is 0 Å². The Morgan fingerprint density at radius 1 is 1.14 bits per heavy atom. The Morgan fingerprint density at radius 3 is 2.61 bits per heavy atom. The Morgan fingerprint density at radius 2 is 1.89 bits per heavy atom. The molecule has 0 unspecified atom stereocenters. The van der Waals surface area contributed by atoms with Gasteiger partial charge < -0.3 is 14.8 Å². The van der Waals surface area contributed by atoms with E-state index in [-0.39, 0.29) is 24.1 Å². The van der Waals surface area contributed by atoms with Crippen molar-refractivity contribution in [1.82, 2.24) is 25.5 Å². The van der Waals surface area contributed by atoms with Crippen molar-refractivity contribution in [3.8, 4) is 22.9 Å². The smallest absolute Gasteiger partial charge is 0.243 e. The number of nitrogens with one attached hydrogen (secondary N) is 1. The average Bonchev–Trinajstić information content (AvgIpc) is 3.15. The summed E-state index contributed by atoms with van der Waals surface area (Å²) >= 11 is 0. The fourth-order valence-electron chi connectivity index (χ4n) is 2.40. The summed E-state index contributed by atoms with van der Waals surface area (Å²) in [6, 6.07) is 13.1. The highest BCUT2D eigenvalue weighted by atomic mass is 19.1. The normalized spacial score (nSPS) is 10.5. The lowest BCUT2D eigenvalue weighted by Gasteiger charge is -2.08. The monoisotopic (exact) mass is 385 g/mol. The van der Waals surface area contributed by atoms with Gasteiger partial charge in [0.1, 0.15) is 30.5 Å². The first-order valence-corrected chi connectivity index (χ1v) is 8.80. The van der Waals surface area contributed by atoms with Crippen molar-refractivity contribution >= 4 is 5.91 Å². The van der Waals surface area contributed by atoms with E-state index in [2.05, 4.69) is 20.7 Å². The third-order valence-electron chi connectivity index (χ3n) is 3.65. The first kappa shape index (κ1) is 19.3. The fourth-order valence-corrected chi connectivity index (χ4v) is 2.40. The molecule has 1 heterocycles. The number of nitrogens with zero attached hydrogens (tertiary/aromatic N) is 4. The predicted octanol–water partition coefficient (Wildman–Crippen LogP) is 2.07. The summed E-state index contributed by atoms with van der Waals surface area (Å²) in [5.74, 6) is 1.06. The summed E-state index contributed by atoms with van der Waals surface area (Å²) in [6.45, 7) is 3.09. The number of ether oxygens (including phenoxy) is 2. The van der Waals surface area contributed by atoms with Crippen LogP contribution in [0, 0.1) is 5.82 Å². The van der Waals surface area contributed by atoms with E-state index < -0.39 is 0 Å². The van der Waals surface area contributed by atoms with Crippen molar-refractivity contribution < 1.29 is 18.7 Å². The maximum absolute atomic E-state index is 13.3. The molecule has 8 nitrogen and oxygen atoms in total. The molecule has 0 aliphatic heterocycles. The van der Waals surface area contributed by atoms with Gasteiger partial charge in [-0.3, -0.25) is 4.79 Å². The lowest BCUT2D eigenvalue weighted by Crippen LogP contribution is -2.31. The van der Waals surface area contributed by atoms with E-state index in [1.807, 2.05) is 19.1 Å². The molecule has 1 N–H and O–H groups in total. The molecular weight excluding hydrogens is 365 g/mol. The summed E-state index contributed by atoms with van der Waals surface area (Å²) in [4.78, 5) is 13.1. The number of halogens is 1. The van der Waals surface area contributed by atoms with E-state index >= 15 is 0 Å². The Balaban J connectivity index is 1.41. The van der Waals surface area contributed by atoms with Gasteiger partial charge in [0.05, 0.1) is 13.2 Å². The third kappa shape index (κ3) is 5.50. The van der Waals surface area contributed by atoms with Crippen molar-refractivity contribution in [1.29, 1.82) is 0 Å². The van der Waals surface area contributed by atoms with Gasteiger partial charge in [-0.2, -0.15) is 4.80 Å². The Bertz CT molecular complexity index is 914. The van der Waals surface area contributed by atoms with E-state index in [1.54, 1.807) is 24.3 Å². The van der Waals surface area contributed by atoms with Gasteiger partial charge in [-0.15, -0.1) is 10.2 Å². The fraction of sp³-hybridized carbons (Fsp3) is 0.263. The SMILES string of the molecule is CCOc1ccc(OCCNC(=O)Cn2nnc(-c3cccc(F)c3)n2)cc1. The maximum atomic E-state index is 13.3. The van der Waals surface area contributed by atoms with Crippen LogP contribution in [0.15, 0.2) is 48.5 Å². The molecule has 0 aliphatic rings. The minimum absolute atomic E-state index is 0.0919. The summed E-state index contributed by atoms with van der Waals surface area (Å²) in [5, 5.41) is 14.4. The molecule has 1 aromatic heterocycles. The summed E-state index contributed by atoms with van der Waals surface area (Å²) in [5.41, 5.74) is 0.496. The topological polar surface area (TPSA) is 91.2 Å². The van der Waals surface area contributed by atoms with E-state index in [1.165, 1.54) is 12.1 Å². The van der Waals surface area contributed by atoms with E-state index in [0.717, 1.165) is 10.5 Å². The van der Waals surface area contributed by atoms with Crippen LogP contribution in [0.25, 0.3) is 11.4 Å². The second-order valence-electron chi connectivity index (χ2n) is 5.76. The predicted molar refractivity (Wildman–Crippen MR) is 99.3 cm³/mol. The standard InChI is InChI=1S/C19H20FN5O3/c1-2-27-16-6-8-17(9-7-16)28-11-10-21-18(26)13-25-23-19(22-24-25)14-4-3-5-15(20)12-14/h3-9,12H,2,10-11,13H2,1H3,(H,21,26). The second-order valence-corrected chi connectivity index (χ2v) is 5.76. The number of hydrogen-bond acceptors (Lipinski definition) is 6. The van der Waals surface area contributed by atoms with Crippen molar-refractivity contribution in [2.24, 2.45) is 0 Å². The highest BCUT2D eigenvalue weighted by Gasteiger charge is 2.09. The van der Waals surface area contributed by atoms with Gasteiger partial charge in [0, 0.05) is 5.56 Å². The van der Waals surface area contributed by atoms with Gasteiger partial charge in [0.25, 0.3) is 0 Å². The highest BCUT2D eigenvalue weighted by Crippen LogP contribution is 2.17. The number of tetrazole rings is 1. The molecule has 0 saturated heterocycles. The molecule has 1 amide bonds. The molecule has 3 aromatic rings. The zero-order valence-corrected chi connectivity index (χ0v) is 15.3. The maximum Gasteiger partial charge on any atom is 0.243 e. The Labute approximate surface area is 161 Å². The molecule has 9 heteroatoms. The lowest BCUT2D eigenvalue weighted by atomic mass is 10.2. The van der Waals surface area contributed by atoms with Crippen LogP contribution in [0.3, 0.4) is 0 Å². The summed E-state index contributed by atoms with van der Waals surface area (Å²) in [7, 11) is 0. The molecule has 0 aliphatic carbocycles. The van der Waals surface area contributed by atoms with E-state index in [9.17, 15) is 9.18 Å². The van der Waals surface area contributed by atoms with Crippen LogP contribution in [0.5, 0.6) is 11.5 Å². The van der Waals surface area contributed by atoms with Crippen LogP contribution in [0.2, 0.25) is 0 Å². The molecule has 0 saturated carbocycles. The number of benzene rings is 2. The molecule has 0 fully saturated rings. The van der Waals surface area contributed by atoms with E-state index in [4.69, 9.17) is 9.47 Å². The Kier molecular flexibility index (Phi) is 6.50. The van der Waals surface area contributed by atoms with E-state index in [0.29, 0.717) is 31.1 Å². The quantitative estimate of drug-likeness (QED) is 0.567. The van der Waals surface area contributed by atoms with Crippen LogP contribution < -0.4 is 14.8 Å². The average molecular weight is 385 g/mol. The van der Waals surface area contributed by atoms with Gasteiger partial charge in [0.2, 0.25) is 11.7 Å². The summed E-state index contributed by atoms with van der Waals surface area (Å²) < 4.78 is 24.2. The van der Waals surface area contributed by atoms with Crippen LogP contribution in [0.4, 0.5) is 4.39 Å². The van der Waals surface area contributed by atoms with Crippen molar-refractivity contribution in [2.75, 3.05) is 19.8 Å². The minimum atomic E-state index is -0.390. The molecule has 0 atom stereocenters. The second kappa shape index (κ2) is 9.45. The number of hydrogen-bond donors (Lipinski definition) is 1. The zero-order valence-electron chi connectivity index (χ0n) is 15.3. The number of amides is 1.